The van der Waals surface area contributed by atoms with Crippen LogP contribution in [0.1, 0.15) is 33.7 Å². The molecule has 4 aromatic rings. The number of halogens is 1. The molecule has 0 N–H and O–H groups in total. The van der Waals surface area contributed by atoms with Crippen LogP contribution < -0.4 is 4.90 Å². The number of benzene rings is 4. The molecule has 1 saturated heterocycles. The normalized spacial score (nSPS) is 25.4. The maximum atomic E-state index is 14.4. The molecule has 0 saturated carbocycles. The fourth-order valence-corrected chi connectivity index (χ4v) is 7.03. The van der Waals surface area contributed by atoms with Crippen LogP contribution in [0.15, 0.2) is 102 Å². The number of hydrogen-bond acceptors (Lipinski definition) is 3. The van der Waals surface area contributed by atoms with Crippen LogP contribution in [0.3, 0.4) is 0 Å². The molecule has 5 heteroatoms. The number of aliphatic imine (C=N–C) groups is 1. The van der Waals surface area contributed by atoms with Crippen molar-refractivity contribution < 1.29 is 9.59 Å². The third-order valence-corrected chi connectivity index (χ3v) is 8.52. The van der Waals surface area contributed by atoms with Crippen molar-refractivity contribution in [3.05, 3.63) is 130 Å². The van der Waals surface area contributed by atoms with Crippen LogP contribution >= 0.6 is 11.6 Å². The minimum absolute atomic E-state index is 0.203. The Kier molecular flexibility index (Phi) is 4.79. The standard InChI is InChI=1S/C32H23ClN2O2/c1-19-9-8-10-20(17-19)34-18-32-23-13-4-2-11-21(23)27(22-12-3-5-14-24(22)32)28-29(32)31(37)35(30(28)36)26-16-7-6-15-25(26)33/h2-18,27-29H,1H3/t27?,28-,29+,32?/m1/s1. The van der Waals surface area contributed by atoms with E-state index in [-0.39, 0.29) is 17.7 Å². The van der Waals surface area contributed by atoms with Gasteiger partial charge in [0.2, 0.25) is 11.8 Å². The van der Waals surface area contributed by atoms with Crippen LogP contribution in [0.2, 0.25) is 5.02 Å². The highest BCUT2D eigenvalue weighted by molar-refractivity contribution is 6.36. The van der Waals surface area contributed by atoms with Gasteiger partial charge in [-0.15, -0.1) is 0 Å². The van der Waals surface area contributed by atoms with E-state index >= 15 is 0 Å². The van der Waals surface area contributed by atoms with E-state index in [0.717, 1.165) is 33.5 Å². The number of aryl methyl sites for hydroxylation is 1. The summed E-state index contributed by atoms with van der Waals surface area (Å²) < 4.78 is 0. The van der Waals surface area contributed by atoms with E-state index in [4.69, 9.17) is 16.6 Å². The lowest BCUT2D eigenvalue weighted by Crippen LogP contribution is -2.54. The molecule has 4 nitrogen and oxygen atoms in total. The largest absolute Gasteiger partial charge is 0.274 e. The van der Waals surface area contributed by atoms with Crippen LogP contribution in [0.25, 0.3) is 0 Å². The van der Waals surface area contributed by atoms with Crippen LogP contribution in [-0.2, 0) is 15.0 Å². The molecule has 0 spiro atoms. The van der Waals surface area contributed by atoms with Crippen molar-refractivity contribution in [1.29, 1.82) is 0 Å². The van der Waals surface area contributed by atoms with Crippen LogP contribution in [0, 0.1) is 18.8 Å². The van der Waals surface area contributed by atoms with E-state index in [9.17, 15) is 9.59 Å². The van der Waals surface area contributed by atoms with Crippen molar-refractivity contribution >= 4 is 41.0 Å². The first-order chi connectivity index (χ1) is 18.0. The Morgan fingerprint density at radius 2 is 1.46 bits per heavy atom. The fourth-order valence-electron chi connectivity index (χ4n) is 6.80. The summed E-state index contributed by atoms with van der Waals surface area (Å²) >= 11 is 6.52. The number of carbonyl (C=O) groups is 2. The monoisotopic (exact) mass is 502 g/mol. The van der Waals surface area contributed by atoms with Crippen LogP contribution in [0.4, 0.5) is 11.4 Å². The molecule has 2 amide bonds. The highest BCUT2D eigenvalue weighted by atomic mass is 35.5. The maximum Gasteiger partial charge on any atom is 0.239 e. The van der Waals surface area contributed by atoms with Crippen LogP contribution in [0.5, 0.6) is 0 Å². The smallest absolute Gasteiger partial charge is 0.239 e. The first kappa shape index (κ1) is 22.2. The number of anilines is 1. The van der Waals surface area contributed by atoms with Gasteiger partial charge in [-0.3, -0.25) is 14.6 Å². The molecule has 4 aliphatic rings. The van der Waals surface area contributed by atoms with Gasteiger partial charge in [0, 0.05) is 12.1 Å². The fraction of sp³-hybridized carbons (Fsp3) is 0.156. The Morgan fingerprint density at radius 1 is 0.811 bits per heavy atom. The molecule has 0 unspecified atom stereocenters. The lowest BCUT2D eigenvalue weighted by Gasteiger charge is -2.52. The zero-order chi connectivity index (χ0) is 25.3. The Hall–Kier alpha value is -4.02. The molecule has 3 aliphatic carbocycles. The van der Waals surface area contributed by atoms with Crippen molar-refractivity contribution in [3.8, 4) is 0 Å². The lowest BCUT2D eigenvalue weighted by molar-refractivity contribution is -0.122. The SMILES string of the molecule is Cc1cccc(N=CC23c4ccccc4C(c4ccccc42)[C@H]2C(=O)N(c4ccccc4Cl)C(=O)[C@H]23)c1. The maximum absolute atomic E-state index is 14.4. The van der Waals surface area contributed by atoms with Crippen molar-refractivity contribution in [1.82, 2.24) is 0 Å². The average molecular weight is 503 g/mol. The van der Waals surface area contributed by atoms with Gasteiger partial charge >= 0.3 is 0 Å². The predicted molar refractivity (Wildman–Crippen MR) is 146 cm³/mol. The number of para-hydroxylation sites is 1. The molecule has 0 radical (unpaired) electrons. The topological polar surface area (TPSA) is 49.7 Å². The predicted octanol–water partition coefficient (Wildman–Crippen LogP) is 6.60. The number of nitrogens with zero attached hydrogens (tertiary/aromatic N) is 2. The van der Waals surface area contributed by atoms with E-state index in [1.807, 2.05) is 61.7 Å². The molecule has 4 aromatic carbocycles. The quantitative estimate of drug-likeness (QED) is 0.234. The van der Waals surface area contributed by atoms with E-state index in [1.165, 1.54) is 4.90 Å². The Morgan fingerprint density at radius 3 is 2.14 bits per heavy atom. The third kappa shape index (κ3) is 2.93. The van der Waals surface area contributed by atoms with E-state index in [2.05, 4.69) is 24.3 Å². The molecule has 8 rings (SSSR count). The first-order valence-electron chi connectivity index (χ1n) is 12.5. The number of hydrogen-bond donors (Lipinski definition) is 0. The Labute approximate surface area is 220 Å². The number of carbonyl (C=O) groups excluding carboxylic acids is 2. The van der Waals surface area contributed by atoms with Gasteiger partial charge < -0.3 is 0 Å². The minimum atomic E-state index is -0.890. The molecular weight excluding hydrogens is 480 g/mol. The van der Waals surface area contributed by atoms with Gasteiger partial charge in [0.05, 0.1) is 33.6 Å². The van der Waals surface area contributed by atoms with Gasteiger partial charge in [-0.2, -0.15) is 0 Å². The van der Waals surface area contributed by atoms with Crippen molar-refractivity contribution in [2.45, 2.75) is 18.3 Å². The number of imide groups is 1. The zero-order valence-electron chi connectivity index (χ0n) is 20.1. The van der Waals surface area contributed by atoms with E-state index in [0.29, 0.717) is 10.7 Å². The number of rotatable bonds is 3. The molecule has 0 aromatic heterocycles. The van der Waals surface area contributed by atoms with Crippen molar-refractivity contribution in [3.63, 3.8) is 0 Å². The summed E-state index contributed by atoms with van der Waals surface area (Å²) in [7, 11) is 0. The molecule has 1 fully saturated rings. The lowest BCUT2D eigenvalue weighted by atomic mass is 9.47. The summed E-state index contributed by atoms with van der Waals surface area (Å²) in [5.41, 5.74) is 5.71. The van der Waals surface area contributed by atoms with Crippen molar-refractivity contribution in [2.24, 2.45) is 16.8 Å². The first-order valence-corrected chi connectivity index (χ1v) is 12.8. The molecule has 1 heterocycles. The number of amides is 2. The molecular formula is C32H23ClN2O2. The van der Waals surface area contributed by atoms with Gasteiger partial charge in [-0.25, -0.2) is 4.90 Å². The zero-order valence-corrected chi connectivity index (χ0v) is 20.9. The van der Waals surface area contributed by atoms with Gasteiger partial charge in [0.25, 0.3) is 0 Å². The van der Waals surface area contributed by atoms with Gasteiger partial charge in [-0.1, -0.05) is 84.4 Å². The van der Waals surface area contributed by atoms with E-state index < -0.39 is 17.3 Å². The molecule has 2 bridgehead atoms. The Bertz CT molecular complexity index is 1590. The summed E-state index contributed by atoms with van der Waals surface area (Å²) in [4.78, 5) is 34.8. The van der Waals surface area contributed by atoms with Gasteiger partial charge in [0.1, 0.15) is 0 Å². The highest BCUT2D eigenvalue weighted by Crippen LogP contribution is 2.64. The molecule has 2 atom stereocenters. The highest BCUT2D eigenvalue weighted by Gasteiger charge is 2.68. The Balaban J connectivity index is 1.52. The molecule has 180 valence electrons. The second kappa shape index (κ2) is 7.99. The minimum Gasteiger partial charge on any atom is -0.274 e. The molecule has 1 aliphatic heterocycles. The van der Waals surface area contributed by atoms with Crippen LogP contribution in [-0.4, -0.2) is 18.0 Å². The second-order valence-corrected chi connectivity index (χ2v) is 10.5. The third-order valence-electron chi connectivity index (χ3n) is 8.20. The van der Waals surface area contributed by atoms with Crippen molar-refractivity contribution in [2.75, 3.05) is 4.90 Å². The van der Waals surface area contributed by atoms with Gasteiger partial charge in [-0.05, 0) is 59.0 Å². The average Bonchev–Trinajstić information content (AvgIpc) is 3.19. The summed E-state index contributed by atoms with van der Waals surface area (Å²) in [6.45, 7) is 2.03. The second-order valence-electron chi connectivity index (χ2n) is 10.1. The summed E-state index contributed by atoms with van der Waals surface area (Å²) in [6, 6.07) is 31.5. The van der Waals surface area contributed by atoms with Gasteiger partial charge in [0.15, 0.2) is 0 Å². The summed E-state index contributed by atoms with van der Waals surface area (Å²) in [5, 5.41) is 0.382. The summed E-state index contributed by atoms with van der Waals surface area (Å²) in [6.07, 6.45) is 1.92. The summed E-state index contributed by atoms with van der Waals surface area (Å²) in [5.74, 6) is -1.81. The molecule has 37 heavy (non-hydrogen) atoms. The van der Waals surface area contributed by atoms with E-state index in [1.54, 1.807) is 24.3 Å².